The lowest BCUT2D eigenvalue weighted by Crippen LogP contribution is -2.37. The van der Waals surface area contributed by atoms with E-state index >= 15 is 0 Å². The molecule has 0 spiro atoms. The minimum Gasteiger partial charge on any atom is -0.334 e. The van der Waals surface area contributed by atoms with Crippen LogP contribution in [0.1, 0.15) is 25.5 Å². The van der Waals surface area contributed by atoms with Crippen molar-refractivity contribution in [3.05, 3.63) is 18.2 Å². The fraction of sp³-hybridized carbons (Fsp3) is 0.769. The Morgan fingerprint density at radius 2 is 2.41 bits per heavy atom. The van der Waals surface area contributed by atoms with Crippen molar-refractivity contribution in [3.63, 3.8) is 0 Å². The number of aryl methyl sites for hydroxylation is 1. The van der Waals surface area contributed by atoms with Crippen LogP contribution >= 0.6 is 0 Å². The molecule has 1 aliphatic heterocycles. The molecule has 96 valence electrons. The number of aromatic nitrogens is 2. The maximum absolute atomic E-state index is 4.19. The molecule has 1 fully saturated rings. The minimum atomic E-state index is 0.812. The number of hydrogen-bond acceptors (Lipinski definition) is 3. The molecule has 0 radical (unpaired) electrons. The van der Waals surface area contributed by atoms with Gasteiger partial charge in [0.15, 0.2) is 0 Å². The maximum atomic E-state index is 4.19. The Bertz CT molecular complexity index is 334. The molecule has 0 aliphatic carbocycles. The summed E-state index contributed by atoms with van der Waals surface area (Å²) in [6.07, 6.45) is 6.58. The predicted octanol–water partition coefficient (Wildman–Crippen LogP) is 1.33. The smallest absolute Gasteiger partial charge is 0.0948 e. The standard InChI is InChI=1S/C13H24N4/c1-3-17-11-15-9-13(17)8-14-7-12-5-4-6-16(2)10-12/h9,11-12,14H,3-8,10H2,1-2H3. The molecule has 1 aromatic rings. The molecule has 2 rings (SSSR count). The summed E-state index contributed by atoms with van der Waals surface area (Å²) in [4.78, 5) is 6.62. The van der Waals surface area contributed by atoms with Gasteiger partial charge in [0.1, 0.15) is 0 Å². The summed E-state index contributed by atoms with van der Waals surface area (Å²) in [5, 5.41) is 3.57. The second-order valence-electron chi connectivity index (χ2n) is 5.07. The summed E-state index contributed by atoms with van der Waals surface area (Å²) in [5.74, 6) is 0.812. The topological polar surface area (TPSA) is 33.1 Å². The van der Waals surface area contributed by atoms with Gasteiger partial charge < -0.3 is 14.8 Å². The summed E-state index contributed by atoms with van der Waals surface area (Å²) in [6, 6.07) is 0. The lowest BCUT2D eigenvalue weighted by Gasteiger charge is -2.29. The lowest BCUT2D eigenvalue weighted by atomic mass is 9.98. The number of nitrogens with one attached hydrogen (secondary N) is 1. The summed E-state index contributed by atoms with van der Waals surface area (Å²) in [6.45, 7) is 7.72. The van der Waals surface area contributed by atoms with Crippen LogP contribution in [0.3, 0.4) is 0 Å². The molecule has 0 bridgehead atoms. The molecule has 4 nitrogen and oxygen atoms in total. The molecule has 1 N–H and O–H groups in total. The normalized spacial score (nSPS) is 21.9. The van der Waals surface area contributed by atoms with Gasteiger partial charge in [-0.2, -0.15) is 0 Å². The van der Waals surface area contributed by atoms with E-state index in [4.69, 9.17) is 0 Å². The number of rotatable bonds is 5. The molecule has 1 unspecified atom stereocenters. The van der Waals surface area contributed by atoms with Gasteiger partial charge in [-0.25, -0.2) is 4.98 Å². The highest BCUT2D eigenvalue weighted by atomic mass is 15.1. The number of hydrogen-bond donors (Lipinski definition) is 1. The molecule has 0 saturated carbocycles. The zero-order valence-electron chi connectivity index (χ0n) is 11.0. The third-order valence-electron chi connectivity index (χ3n) is 3.60. The highest BCUT2D eigenvalue weighted by Gasteiger charge is 2.16. The Labute approximate surface area is 104 Å². The average molecular weight is 236 g/mol. The van der Waals surface area contributed by atoms with Crippen molar-refractivity contribution in [2.24, 2.45) is 5.92 Å². The van der Waals surface area contributed by atoms with Gasteiger partial charge in [-0.15, -0.1) is 0 Å². The monoisotopic (exact) mass is 236 g/mol. The number of piperidine rings is 1. The van der Waals surface area contributed by atoms with Crippen molar-refractivity contribution < 1.29 is 0 Å². The van der Waals surface area contributed by atoms with E-state index in [1.54, 1.807) is 0 Å². The molecule has 4 heteroatoms. The van der Waals surface area contributed by atoms with Crippen LogP contribution in [0.5, 0.6) is 0 Å². The SMILES string of the molecule is CCn1cncc1CNCC1CCCN(C)C1. The first-order valence-corrected chi connectivity index (χ1v) is 6.68. The fourth-order valence-corrected chi connectivity index (χ4v) is 2.62. The van der Waals surface area contributed by atoms with Crippen molar-refractivity contribution in [2.45, 2.75) is 32.9 Å². The first-order chi connectivity index (χ1) is 8.29. The number of nitrogens with zero attached hydrogens (tertiary/aromatic N) is 3. The highest BCUT2D eigenvalue weighted by molar-refractivity contribution is 4.97. The molecule has 1 aliphatic rings. The van der Waals surface area contributed by atoms with E-state index < -0.39 is 0 Å². The molecule has 0 amide bonds. The summed E-state index contributed by atoms with van der Waals surface area (Å²) in [7, 11) is 2.22. The first kappa shape index (κ1) is 12.6. The van der Waals surface area contributed by atoms with E-state index in [9.17, 15) is 0 Å². The molecule has 1 aromatic heterocycles. The summed E-state index contributed by atoms with van der Waals surface area (Å²) in [5.41, 5.74) is 1.29. The Morgan fingerprint density at radius 3 is 3.18 bits per heavy atom. The molecule has 17 heavy (non-hydrogen) atoms. The van der Waals surface area contributed by atoms with Crippen LogP contribution in [-0.4, -0.2) is 41.1 Å². The first-order valence-electron chi connectivity index (χ1n) is 6.68. The van der Waals surface area contributed by atoms with E-state index in [1.807, 2.05) is 12.5 Å². The molecule has 1 atom stereocenters. The Balaban J connectivity index is 1.72. The van der Waals surface area contributed by atoms with E-state index in [1.165, 1.54) is 31.6 Å². The second kappa shape index (κ2) is 6.17. The van der Waals surface area contributed by atoms with E-state index in [-0.39, 0.29) is 0 Å². The predicted molar refractivity (Wildman–Crippen MR) is 69.8 cm³/mol. The Kier molecular flexibility index (Phi) is 4.57. The molecule has 2 heterocycles. The van der Waals surface area contributed by atoms with Gasteiger partial charge in [0.2, 0.25) is 0 Å². The third kappa shape index (κ3) is 3.54. The van der Waals surface area contributed by atoms with Crippen LogP contribution in [0.15, 0.2) is 12.5 Å². The zero-order valence-corrected chi connectivity index (χ0v) is 11.0. The quantitative estimate of drug-likeness (QED) is 0.837. The van der Waals surface area contributed by atoms with Crippen molar-refractivity contribution >= 4 is 0 Å². The van der Waals surface area contributed by atoms with Crippen molar-refractivity contribution in [1.82, 2.24) is 19.8 Å². The minimum absolute atomic E-state index is 0.812. The summed E-state index contributed by atoms with van der Waals surface area (Å²) < 4.78 is 2.19. The Morgan fingerprint density at radius 1 is 1.53 bits per heavy atom. The molecule has 0 aromatic carbocycles. The molecule has 1 saturated heterocycles. The largest absolute Gasteiger partial charge is 0.334 e. The average Bonchev–Trinajstić information content (AvgIpc) is 2.77. The van der Waals surface area contributed by atoms with E-state index in [0.717, 1.165) is 25.6 Å². The van der Waals surface area contributed by atoms with Gasteiger partial charge >= 0.3 is 0 Å². The van der Waals surface area contributed by atoms with Gasteiger partial charge in [0.05, 0.1) is 12.0 Å². The van der Waals surface area contributed by atoms with Crippen LogP contribution in [0.2, 0.25) is 0 Å². The van der Waals surface area contributed by atoms with Gasteiger partial charge in [-0.05, 0) is 45.8 Å². The van der Waals surface area contributed by atoms with Gasteiger partial charge in [0, 0.05) is 25.8 Å². The molecular weight excluding hydrogens is 212 g/mol. The lowest BCUT2D eigenvalue weighted by molar-refractivity contribution is 0.206. The van der Waals surface area contributed by atoms with Crippen molar-refractivity contribution in [2.75, 3.05) is 26.7 Å². The van der Waals surface area contributed by atoms with Gasteiger partial charge in [-0.3, -0.25) is 0 Å². The van der Waals surface area contributed by atoms with Gasteiger partial charge in [0.25, 0.3) is 0 Å². The van der Waals surface area contributed by atoms with E-state index in [0.29, 0.717) is 0 Å². The van der Waals surface area contributed by atoms with Crippen LogP contribution < -0.4 is 5.32 Å². The van der Waals surface area contributed by atoms with Crippen molar-refractivity contribution in [3.8, 4) is 0 Å². The second-order valence-corrected chi connectivity index (χ2v) is 5.07. The Hall–Kier alpha value is -0.870. The summed E-state index contributed by atoms with van der Waals surface area (Å²) >= 11 is 0. The van der Waals surface area contributed by atoms with Gasteiger partial charge in [-0.1, -0.05) is 0 Å². The highest BCUT2D eigenvalue weighted by Crippen LogP contribution is 2.14. The fourth-order valence-electron chi connectivity index (χ4n) is 2.62. The molecular formula is C13H24N4. The number of likely N-dealkylation sites (tertiary alicyclic amines) is 1. The van der Waals surface area contributed by atoms with Crippen LogP contribution in [0, 0.1) is 5.92 Å². The van der Waals surface area contributed by atoms with Crippen LogP contribution in [0.4, 0.5) is 0 Å². The maximum Gasteiger partial charge on any atom is 0.0948 e. The van der Waals surface area contributed by atoms with Crippen LogP contribution in [0.25, 0.3) is 0 Å². The third-order valence-corrected chi connectivity index (χ3v) is 3.60. The number of imidazole rings is 1. The van der Waals surface area contributed by atoms with Crippen molar-refractivity contribution in [1.29, 1.82) is 0 Å². The van der Waals surface area contributed by atoms with E-state index in [2.05, 4.69) is 33.7 Å². The van der Waals surface area contributed by atoms with Crippen LogP contribution in [-0.2, 0) is 13.1 Å². The zero-order chi connectivity index (χ0) is 12.1.